The summed E-state index contributed by atoms with van der Waals surface area (Å²) in [5, 5.41) is 7.82. The molecule has 1 aromatic rings. The summed E-state index contributed by atoms with van der Waals surface area (Å²) < 4.78 is 5.47. The average Bonchev–Trinajstić information content (AvgIpc) is 2.16. The Morgan fingerprint density at radius 2 is 2.21 bits per heavy atom. The van der Waals surface area contributed by atoms with Gasteiger partial charge in [0.2, 0.25) is 0 Å². The van der Waals surface area contributed by atoms with E-state index < -0.39 is 6.10 Å². The van der Waals surface area contributed by atoms with Gasteiger partial charge < -0.3 is 10.5 Å². The summed E-state index contributed by atoms with van der Waals surface area (Å²) in [6, 6.07) is 7.15. The maximum absolute atomic E-state index is 7.28. The Hall–Kier alpha value is -1.22. The van der Waals surface area contributed by atoms with Gasteiger partial charge in [-0.15, -0.1) is 0 Å². The van der Waals surface area contributed by atoms with Crippen LogP contribution in [0.1, 0.15) is 13.3 Å². The Morgan fingerprint density at radius 1 is 1.57 bits per heavy atom. The molecule has 0 bridgehead atoms. The smallest absolute Gasteiger partial charge is 0.155 e. The van der Waals surface area contributed by atoms with E-state index in [0.717, 1.165) is 0 Å². The van der Waals surface area contributed by atoms with Crippen LogP contribution in [-0.2, 0) is 0 Å². The topological polar surface area (TPSA) is 59.1 Å². The lowest BCUT2D eigenvalue weighted by Crippen LogP contribution is -2.32. The number of amidine groups is 1. The Morgan fingerprint density at radius 3 is 2.71 bits per heavy atom. The molecule has 0 aromatic heterocycles. The molecule has 76 valence electrons. The highest BCUT2D eigenvalue weighted by Crippen LogP contribution is 2.24. The number of hydrogen-bond donors (Lipinski definition) is 2. The molecule has 3 nitrogen and oxygen atoms in total. The number of nitrogens with one attached hydrogen (secondary N) is 1. The van der Waals surface area contributed by atoms with Crippen molar-refractivity contribution in [2.75, 3.05) is 0 Å². The number of benzene rings is 1. The van der Waals surface area contributed by atoms with Crippen LogP contribution < -0.4 is 10.5 Å². The highest BCUT2D eigenvalue weighted by atomic mass is 35.5. The first-order valence-corrected chi connectivity index (χ1v) is 4.78. The summed E-state index contributed by atoms with van der Waals surface area (Å²) in [7, 11) is 0. The quantitative estimate of drug-likeness (QED) is 0.595. The van der Waals surface area contributed by atoms with Crippen LogP contribution in [0, 0.1) is 5.41 Å². The van der Waals surface area contributed by atoms with E-state index in [1.54, 1.807) is 12.1 Å². The van der Waals surface area contributed by atoms with Crippen molar-refractivity contribution in [1.29, 1.82) is 5.41 Å². The summed E-state index contributed by atoms with van der Waals surface area (Å²) in [4.78, 5) is 0. The SMILES string of the molecule is CCC(Oc1ccccc1Cl)C(=N)N. The Labute approximate surface area is 88.3 Å². The van der Waals surface area contributed by atoms with Crippen LogP contribution in [0.25, 0.3) is 0 Å². The second-order valence-electron chi connectivity index (χ2n) is 2.90. The van der Waals surface area contributed by atoms with E-state index in [1.807, 2.05) is 19.1 Å². The van der Waals surface area contributed by atoms with E-state index in [0.29, 0.717) is 17.2 Å². The van der Waals surface area contributed by atoms with Gasteiger partial charge in [-0.25, -0.2) is 0 Å². The minimum absolute atomic E-state index is 0.0208. The molecule has 0 amide bonds. The first kappa shape index (κ1) is 10.9. The summed E-state index contributed by atoms with van der Waals surface area (Å²) >= 11 is 5.89. The number of para-hydroxylation sites is 1. The molecule has 0 radical (unpaired) electrons. The molecule has 0 aliphatic rings. The van der Waals surface area contributed by atoms with Crippen LogP contribution in [0.4, 0.5) is 0 Å². The Bertz CT molecular complexity index is 328. The van der Waals surface area contributed by atoms with Gasteiger partial charge in [-0.1, -0.05) is 30.7 Å². The van der Waals surface area contributed by atoms with Crippen molar-refractivity contribution in [2.45, 2.75) is 19.4 Å². The lowest BCUT2D eigenvalue weighted by Gasteiger charge is -2.16. The second kappa shape index (κ2) is 4.86. The lowest BCUT2D eigenvalue weighted by molar-refractivity contribution is 0.260. The number of halogens is 1. The molecule has 4 heteroatoms. The van der Waals surface area contributed by atoms with Crippen molar-refractivity contribution in [3.8, 4) is 5.75 Å². The van der Waals surface area contributed by atoms with E-state index >= 15 is 0 Å². The number of rotatable bonds is 4. The van der Waals surface area contributed by atoms with Crippen LogP contribution in [-0.4, -0.2) is 11.9 Å². The Kier molecular flexibility index (Phi) is 3.77. The van der Waals surface area contributed by atoms with Crippen molar-refractivity contribution in [3.63, 3.8) is 0 Å². The fourth-order valence-corrected chi connectivity index (χ4v) is 1.24. The summed E-state index contributed by atoms with van der Waals surface area (Å²) in [6.45, 7) is 1.91. The lowest BCUT2D eigenvalue weighted by atomic mass is 10.2. The van der Waals surface area contributed by atoms with Gasteiger partial charge in [0, 0.05) is 0 Å². The molecule has 0 saturated heterocycles. The predicted molar refractivity (Wildman–Crippen MR) is 58.1 cm³/mol. The van der Waals surface area contributed by atoms with Gasteiger partial charge in [0.15, 0.2) is 6.10 Å². The van der Waals surface area contributed by atoms with E-state index in [9.17, 15) is 0 Å². The molecular formula is C10H13ClN2O. The van der Waals surface area contributed by atoms with Gasteiger partial charge in [-0.3, -0.25) is 5.41 Å². The van der Waals surface area contributed by atoms with Gasteiger partial charge in [0.25, 0.3) is 0 Å². The van der Waals surface area contributed by atoms with E-state index in [2.05, 4.69) is 0 Å². The molecule has 1 unspecified atom stereocenters. The van der Waals surface area contributed by atoms with Crippen LogP contribution in [0.5, 0.6) is 5.75 Å². The molecule has 0 heterocycles. The van der Waals surface area contributed by atoms with Crippen molar-refractivity contribution in [2.24, 2.45) is 5.73 Å². The fraction of sp³-hybridized carbons (Fsp3) is 0.300. The molecule has 0 aliphatic heterocycles. The number of hydrogen-bond acceptors (Lipinski definition) is 2. The summed E-state index contributed by atoms with van der Waals surface area (Å²) in [6.07, 6.45) is 0.260. The minimum Gasteiger partial charge on any atom is -0.481 e. The fourth-order valence-electron chi connectivity index (χ4n) is 1.06. The van der Waals surface area contributed by atoms with Crippen molar-refractivity contribution < 1.29 is 4.74 Å². The first-order valence-electron chi connectivity index (χ1n) is 4.40. The third kappa shape index (κ3) is 2.64. The van der Waals surface area contributed by atoms with Gasteiger partial charge in [-0.2, -0.15) is 0 Å². The van der Waals surface area contributed by atoms with Gasteiger partial charge in [-0.05, 0) is 18.6 Å². The zero-order valence-corrected chi connectivity index (χ0v) is 8.71. The standard InChI is InChI=1S/C10H13ClN2O/c1-2-8(10(12)13)14-9-6-4-3-5-7(9)11/h3-6,8H,2H2,1H3,(H3,12,13). The predicted octanol–water partition coefficient (Wildman–Crippen LogP) is 2.43. The van der Waals surface area contributed by atoms with Gasteiger partial charge >= 0.3 is 0 Å². The molecule has 0 spiro atoms. The van der Waals surface area contributed by atoms with Crippen LogP contribution >= 0.6 is 11.6 Å². The van der Waals surface area contributed by atoms with Crippen molar-refractivity contribution >= 4 is 17.4 Å². The summed E-state index contributed by atoms with van der Waals surface area (Å²) in [5.74, 6) is 0.587. The van der Waals surface area contributed by atoms with Gasteiger partial charge in [0.05, 0.1) is 5.02 Å². The molecule has 0 fully saturated rings. The molecule has 0 aliphatic carbocycles. The maximum atomic E-state index is 7.28. The highest BCUT2D eigenvalue weighted by Gasteiger charge is 2.12. The molecule has 1 aromatic carbocycles. The zero-order valence-electron chi connectivity index (χ0n) is 7.96. The van der Waals surface area contributed by atoms with Crippen LogP contribution in [0.3, 0.4) is 0 Å². The third-order valence-electron chi connectivity index (χ3n) is 1.82. The minimum atomic E-state index is -0.394. The Balaban J connectivity index is 2.77. The van der Waals surface area contributed by atoms with Crippen LogP contribution in [0.2, 0.25) is 5.02 Å². The van der Waals surface area contributed by atoms with Gasteiger partial charge in [0.1, 0.15) is 11.6 Å². The normalized spacial score (nSPS) is 12.1. The van der Waals surface area contributed by atoms with Crippen molar-refractivity contribution in [3.05, 3.63) is 29.3 Å². The molecular weight excluding hydrogens is 200 g/mol. The van der Waals surface area contributed by atoms with E-state index in [4.69, 9.17) is 27.5 Å². The second-order valence-corrected chi connectivity index (χ2v) is 3.31. The van der Waals surface area contributed by atoms with E-state index in [-0.39, 0.29) is 5.84 Å². The average molecular weight is 213 g/mol. The third-order valence-corrected chi connectivity index (χ3v) is 2.14. The summed E-state index contributed by atoms with van der Waals surface area (Å²) in [5.41, 5.74) is 5.36. The van der Waals surface area contributed by atoms with Crippen LogP contribution in [0.15, 0.2) is 24.3 Å². The number of ether oxygens (including phenoxy) is 1. The molecule has 14 heavy (non-hydrogen) atoms. The first-order chi connectivity index (χ1) is 6.65. The molecule has 1 atom stereocenters. The molecule has 1 rings (SSSR count). The molecule has 3 N–H and O–H groups in total. The number of nitrogens with two attached hydrogens (primary N) is 1. The molecule has 0 saturated carbocycles. The largest absolute Gasteiger partial charge is 0.481 e. The zero-order chi connectivity index (χ0) is 10.6. The highest BCUT2D eigenvalue weighted by molar-refractivity contribution is 6.32. The maximum Gasteiger partial charge on any atom is 0.155 e. The van der Waals surface area contributed by atoms with E-state index in [1.165, 1.54) is 0 Å². The van der Waals surface area contributed by atoms with Crippen molar-refractivity contribution in [1.82, 2.24) is 0 Å². The monoisotopic (exact) mass is 212 g/mol.